The molecule has 5 nitrogen and oxygen atoms in total. The van der Waals surface area contributed by atoms with Crippen molar-refractivity contribution < 1.29 is 14.4 Å². The molecule has 0 spiro atoms. The van der Waals surface area contributed by atoms with Gasteiger partial charge < -0.3 is 0 Å². The molecule has 1 saturated heterocycles. The number of imide groups is 1. The third-order valence-electron chi connectivity index (χ3n) is 4.11. The Bertz CT molecular complexity index is 769. The maximum Gasteiger partial charge on any atom is 0.332 e. The Morgan fingerprint density at radius 3 is 2.29 bits per heavy atom. The van der Waals surface area contributed by atoms with Crippen LogP contribution >= 0.6 is 0 Å². The predicted octanol–water partition coefficient (Wildman–Crippen LogP) is 2.90. The van der Waals surface area contributed by atoms with E-state index >= 15 is 0 Å². The lowest BCUT2D eigenvalue weighted by Crippen LogP contribution is -2.37. The average Bonchev–Trinajstić information content (AvgIpc) is 2.90. The largest absolute Gasteiger partial charge is 0.332 e. The number of ketones is 1. The molecule has 3 amide bonds. The molecular formula is C19H18N2O3. The molecule has 0 atom stereocenters. The van der Waals surface area contributed by atoms with Gasteiger partial charge >= 0.3 is 6.03 Å². The van der Waals surface area contributed by atoms with Crippen LogP contribution in [0.15, 0.2) is 54.6 Å². The third kappa shape index (κ3) is 3.06. The molecule has 0 aliphatic carbocycles. The van der Waals surface area contributed by atoms with Crippen LogP contribution in [0.2, 0.25) is 0 Å². The first-order valence-corrected chi connectivity index (χ1v) is 7.89. The van der Waals surface area contributed by atoms with Crippen LogP contribution in [-0.4, -0.2) is 35.7 Å². The van der Waals surface area contributed by atoms with Crippen LogP contribution in [0.3, 0.4) is 0 Å². The van der Waals surface area contributed by atoms with Crippen LogP contribution in [0.25, 0.3) is 0 Å². The van der Waals surface area contributed by atoms with E-state index in [2.05, 4.69) is 0 Å². The van der Waals surface area contributed by atoms with Gasteiger partial charge in [0.2, 0.25) is 0 Å². The lowest BCUT2D eigenvalue weighted by Gasteiger charge is -2.16. The van der Waals surface area contributed by atoms with E-state index in [4.69, 9.17) is 0 Å². The topological polar surface area (TPSA) is 57.7 Å². The van der Waals surface area contributed by atoms with E-state index in [1.165, 1.54) is 4.90 Å². The quantitative estimate of drug-likeness (QED) is 0.628. The summed E-state index contributed by atoms with van der Waals surface area (Å²) in [5.74, 6) is -0.600. The molecule has 0 radical (unpaired) electrons. The lowest BCUT2D eigenvalue weighted by molar-refractivity contribution is -0.124. The molecule has 1 fully saturated rings. The number of hydrogen-bond acceptors (Lipinski definition) is 3. The SMILES string of the molecule is CCc1ccc(C(=O)CN2C(=O)CN(c3ccccc3)C2=O)cc1. The Labute approximate surface area is 140 Å². The number of benzene rings is 2. The molecule has 1 aliphatic heterocycles. The van der Waals surface area contributed by atoms with Gasteiger partial charge in [-0.1, -0.05) is 49.4 Å². The molecular weight excluding hydrogens is 304 g/mol. The minimum atomic E-state index is -0.454. The van der Waals surface area contributed by atoms with Crippen molar-refractivity contribution in [3.63, 3.8) is 0 Å². The fourth-order valence-electron chi connectivity index (χ4n) is 2.67. The molecule has 122 valence electrons. The van der Waals surface area contributed by atoms with Crippen LogP contribution in [0, 0.1) is 0 Å². The first-order valence-electron chi connectivity index (χ1n) is 7.89. The van der Waals surface area contributed by atoms with Gasteiger partial charge in [-0.2, -0.15) is 0 Å². The molecule has 0 saturated carbocycles. The van der Waals surface area contributed by atoms with Gasteiger partial charge in [0.25, 0.3) is 5.91 Å². The van der Waals surface area contributed by atoms with Crippen molar-refractivity contribution in [2.75, 3.05) is 18.0 Å². The van der Waals surface area contributed by atoms with Gasteiger partial charge in [-0.3, -0.25) is 19.4 Å². The van der Waals surface area contributed by atoms with E-state index in [1.54, 1.807) is 36.4 Å². The van der Waals surface area contributed by atoms with Crippen LogP contribution in [0.5, 0.6) is 0 Å². The number of carbonyl (C=O) groups excluding carboxylic acids is 3. The fourth-order valence-corrected chi connectivity index (χ4v) is 2.67. The maximum absolute atomic E-state index is 12.5. The highest BCUT2D eigenvalue weighted by Gasteiger charge is 2.37. The second-order valence-corrected chi connectivity index (χ2v) is 5.66. The summed E-state index contributed by atoms with van der Waals surface area (Å²) >= 11 is 0. The number of amides is 3. The molecule has 5 heteroatoms. The van der Waals surface area contributed by atoms with Crippen molar-refractivity contribution in [3.05, 3.63) is 65.7 Å². The van der Waals surface area contributed by atoms with Crippen molar-refractivity contribution in [1.29, 1.82) is 0 Å². The van der Waals surface area contributed by atoms with Gasteiger partial charge in [0.15, 0.2) is 5.78 Å². The number of nitrogens with zero attached hydrogens (tertiary/aromatic N) is 2. The highest BCUT2D eigenvalue weighted by molar-refractivity contribution is 6.15. The lowest BCUT2D eigenvalue weighted by atomic mass is 10.1. The summed E-state index contributed by atoms with van der Waals surface area (Å²) in [5, 5.41) is 0. The molecule has 24 heavy (non-hydrogen) atoms. The molecule has 1 heterocycles. The Morgan fingerprint density at radius 1 is 1.00 bits per heavy atom. The Morgan fingerprint density at radius 2 is 1.67 bits per heavy atom. The van der Waals surface area contributed by atoms with E-state index in [9.17, 15) is 14.4 Å². The van der Waals surface area contributed by atoms with Crippen LogP contribution in [0.4, 0.5) is 10.5 Å². The van der Waals surface area contributed by atoms with Crippen molar-refractivity contribution in [2.45, 2.75) is 13.3 Å². The number of Topliss-reactive ketones (excluding diaryl/α,β-unsaturated/α-hetero) is 1. The predicted molar refractivity (Wildman–Crippen MR) is 91.0 cm³/mol. The van der Waals surface area contributed by atoms with Gasteiger partial charge in [0.05, 0.1) is 6.54 Å². The molecule has 2 aromatic rings. The summed E-state index contributed by atoms with van der Waals surface area (Å²) in [4.78, 5) is 39.4. The number of urea groups is 1. The van der Waals surface area contributed by atoms with Crippen LogP contribution in [0.1, 0.15) is 22.8 Å². The van der Waals surface area contributed by atoms with E-state index < -0.39 is 6.03 Å². The second kappa shape index (κ2) is 6.66. The number of aryl methyl sites for hydroxylation is 1. The van der Waals surface area contributed by atoms with Gasteiger partial charge in [-0.25, -0.2) is 4.79 Å². The highest BCUT2D eigenvalue weighted by Crippen LogP contribution is 2.21. The smallest absolute Gasteiger partial charge is 0.292 e. The molecule has 0 unspecified atom stereocenters. The van der Waals surface area contributed by atoms with Gasteiger partial charge in [-0.15, -0.1) is 0 Å². The molecule has 0 N–H and O–H groups in total. The summed E-state index contributed by atoms with van der Waals surface area (Å²) in [5.41, 5.74) is 2.29. The van der Waals surface area contributed by atoms with E-state index in [-0.39, 0.29) is 24.8 Å². The zero-order valence-corrected chi connectivity index (χ0v) is 13.4. The van der Waals surface area contributed by atoms with Crippen LogP contribution < -0.4 is 4.90 Å². The molecule has 2 aromatic carbocycles. The zero-order valence-electron chi connectivity index (χ0n) is 13.4. The summed E-state index contributed by atoms with van der Waals surface area (Å²) < 4.78 is 0. The Kier molecular flexibility index (Phi) is 4.42. The summed E-state index contributed by atoms with van der Waals surface area (Å²) in [6.07, 6.45) is 0.892. The van der Waals surface area contributed by atoms with Crippen LogP contribution in [-0.2, 0) is 11.2 Å². The van der Waals surface area contributed by atoms with Gasteiger partial charge in [0, 0.05) is 11.3 Å². The maximum atomic E-state index is 12.5. The van der Waals surface area contributed by atoms with Crippen molar-refractivity contribution >= 4 is 23.4 Å². The van der Waals surface area contributed by atoms with Gasteiger partial charge in [0.1, 0.15) is 6.54 Å². The second-order valence-electron chi connectivity index (χ2n) is 5.66. The Hall–Kier alpha value is -2.95. The van der Waals surface area contributed by atoms with E-state index in [1.807, 2.05) is 25.1 Å². The standard InChI is InChI=1S/C19H18N2O3/c1-2-14-8-10-15(11-9-14)17(22)12-21-18(23)13-20(19(21)24)16-6-4-3-5-7-16/h3-11H,2,12-13H2,1H3. The summed E-state index contributed by atoms with van der Waals surface area (Å²) in [6.45, 7) is 1.77. The minimum absolute atomic E-state index is 0.0368. The van der Waals surface area contributed by atoms with Crippen molar-refractivity contribution in [2.24, 2.45) is 0 Å². The number of para-hydroxylation sites is 1. The molecule has 0 bridgehead atoms. The van der Waals surface area contributed by atoms with E-state index in [0.717, 1.165) is 16.9 Å². The first-order chi connectivity index (χ1) is 11.6. The number of anilines is 1. The summed E-state index contributed by atoms with van der Waals surface area (Å²) in [7, 11) is 0. The fraction of sp³-hybridized carbons (Fsp3) is 0.211. The Balaban J connectivity index is 1.73. The van der Waals surface area contributed by atoms with Crippen molar-refractivity contribution in [3.8, 4) is 0 Å². The average molecular weight is 322 g/mol. The number of carbonyl (C=O) groups is 3. The highest BCUT2D eigenvalue weighted by atomic mass is 16.2. The zero-order chi connectivity index (χ0) is 17.1. The number of rotatable bonds is 5. The molecule has 1 aliphatic rings. The van der Waals surface area contributed by atoms with E-state index in [0.29, 0.717) is 11.3 Å². The third-order valence-corrected chi connectivity index (χ3v) is 4.11. The normalized spacial score (nSPS) is 14.4. The monoisotopic (exact) mass is 322 g/mol. The summed E-state index contributed by atoms with van der Waals surface area (Å²) in [6, 6.07) is 15.8. The molecule has 3 rings (SSSR count). The first kappa shape index (κ1) is 15.9. The van der Waals surface area contributed by atoms with Crippen molar-refractivity contribution in [1.82, 2.24) is 4.90 Å². The molecule has 0 aromatic heterocycles. The van der Waals surface area contributed by atoms with Gasteiger partial charge in [-0.05, 0) is 24.1 Å². The number of hydrogen-bond donors (Lipinski definition) is 0. The minimum Gasteiger partial charge on any atom is -0.292 e.